The molecule has 4 nitrogen and oxygen atoms in total. The molecule has 1 unspecified atom stereocenters. The molecule has 21 heavy (non-hydrogen) atoms. The van der Waals surface area contributed by atoms with Gasteiger partial charge in [0.1, 0.15) is 5.57 Å². The van der Waals surface area contributed by atoms with E-state index in [0.29, 0.717) is 0 Å². The predicted octanol–water partition coefficient (Wildman–Crippen LogP) is 3.23. The Kier molecular flexibility index (Phi) is 4.32. The molecule has 1 aromatic heterocycles. The number of hydrogen-bond donors (Lipinski definition) is 1. The number of aryl methyl sites for hydroxylation is 1. The second-order valence-corrected chi connectivity index (χ2v) is 6.83. The third-order valence-electron chi connectivity index (χ3n) is 3.44. The summed E-state index contributed by atoms with van der Waals surface area (Å²) in [7, 11) is 0. The largest absolute Gasteiger partial charge is 0.478 e. The quantitative estimate of drug-likeness (QED) is 0.525. The van der Waals surface area contributed by atoms with Crippen LogP contribution in [-0.2, 0) is 14.3 Å². The Hall–Kier alpha value is -1.88. The van der Waals surface area contributed by atoms with Crippen molar-refractivity contribution in [3.8, 4) is 0 Å². The highest BCUT2D eigenvalue weighted by Crippen LogP contribution is 2.49. The Morgan fingerprint density at radius 3 is 2.76 bits per heavy atom. The molecule has 0 aliphatic carbocycles. The number of aromatic nitrogens is 1. The van der Waals surface area contributed by atoms with E-state index < -0.39 is 11.8 Å². The molecule has 1 aliphatic heterocycles. The zero-order chi connectivity index (χ0) is 15.6. The van der Waals surface area contributed by atoms with Gasteiger partial charge in [0.25, 0.3) is 0 Å². The number of allylic oxidation sites excluding steroid dienone is 2. The van der Waals surface area contributed by atoms with E-state index in [2.05, 4.69) is 11.9 Å². The van der Waals surface area contributed by atoms with E-state index in [0.717, 1.165) is 22.6 Å². The van der Waals surface area contributed by atoms with Gasteiger partial charge in [0.15, 0.2) is 5.78 Å². The number of pyridine rings is 1. The Morgan fingerprint density at radius 2 is 2.19 bits per heavy atom. The van der Waals surface area contributed by atoms with Crippen LogP contribution in [0.5, 0.6) is 0 Å². The Labute approximate surface area is 128 Å². The van der Waals surface area contributed by atoms with E-state index >= 15 is 0 Å². The highest BCUT2D eigenvalue weighted by molar-refractivity contribution is 8.04. The molecule has 1 atom stereocenters. The zero-order valence-corrected chi connectivity index (χ0v) is 13.0. The number of aliphatic carboxylic acids is 1. The van der Waals surface area contributed by atoms with E-state index in [1.807, 2.05) is 25.1 Å². The van der Waals surface area contributed by atoms with Crippen LogP contribution in [0.15, 0.2) is 41.0 Å². The molecule has 5 heteroatoms. The van der Waals surface area contributed by atoms with Crippen LogP contribution in [0, 0.1) is 6.92 Å². The number of carboxylic acid groups (broad SMARTS) is 1. The lowest BCUT2D eigenvalue weighted by Gasteiger charge is -2.24. The minimum absolute atomic E-state index is 0.153. The molecular weight excluding hydrogens is 286 g/mol. The molecule has 1 aliphatic rings. The number of carboxylic acids is 1. The Bertz CT molecular complexity index is 647. The topological polar surface area (TPSA) is 67.3 Å². The molecule has 0 saturated heterocycles. The summed E-state index contributed by atoms with van der Waals surface area (Å²) < 4.78 is -0.153. The number of nitrogens with zero attached hydrogens (tertiary/aromatic N) is 1. The van der Waals surface area contributed by atoms with Gasteiger partial charge in [-0.25, -0.2) is 4.79 Å². The third-order valence-corrected chi connectivity index (χ3v) is 4.81. The number of thioether (sulfide) groups is 1. The average molecular weight is 303 g/mol. The fraction of sp³-hybridized carbons (Fsp3) is 0.312. The first-order chi connectivity index (χ1) is 9.82. The van der Waals surface area contributed by atoms with Gasteiger partial charge in [0.2, 0.25) is 0 Å². The van der Waals surface area contributed by atoms with Crippen LogP contribution in [0.4, 0.5) is 0 Å². The van der Waals surface area contributed by atoms with Gasteiger partial charge in [0.05, 0.1) is 0 Å². The summed E-state index contributed by atoms with van der Waals surface area (Å²) in [5.41, 5.74) is 1.93. The number of carbonyl (C=O) groups excluding carboxylic acids is 1. The fourth-order valence-electron chi connectivity index (χ4n) is 2.23. The first-order valence-corrected chi connectivity index (χ1v) is 7.42. The molecule has 0 aromatic carbocycles. The van der Waals surface area contributed by atoms with Crippen molar-refractivity contribution in [2.24, 2.45) is 0 Å². The van der Waals surface area contributed by atoms with Crippen LogP contribution < -0.4 is 0 Å². The average Bonchev–Trinajstić information content (AvgIpc) is 2.78. The highest BCUT2D eigenvalue weighted by atomic mass is 32.2. The maximum absolute atomic E-state index is 11.4. The predicted molar refractivity (Wildman–Crippen MR) is 83.0 cm³/mol. The summed E-state index contributed by atoms with van der Waals surface area (Å²) in [5.74, 6) is -1.62. The maximum Gasteiger partial charge on any atom is 0.339 e. The van der Waals surface area contributed by atoms with Gasteiger partial charge in [-0.3, -0.25) is 9.78 Å². The molecule has 0 radical (unpaired) electrons. The molecule has 2 heterocycles. The number of ketones is 1. The van der Waals surface area contributed by atoms with E-state index in [1.165, 1.54) is 13.0 Å². The van der Waals surface area contributed by atoms with Crippen molar-refractivity contribution >= 4 is 23.5 Å². The number of hydrogen-bond acceptors (Lipinski definition) is 4. The van der Waals surface area contributed by atoms with Crippen LogP contribution >= 0.6 is 11.8 Å². The summed E-state index contributed by atoms with van der Waals surface area (Å²) in [5, 5.41) is 9.05. The molecule has 0 saturated carbocycles. The Balaban J connectivity index is 2.25. The number of Topliss-reactive ketones (excluding diaryl/α,β-unsaturated/α-hetero) is 1. The summed E-state index contributed by atoms with van der Waals surface area (Å²) in [4.78, 5) is 27.4. The lowest BCUT2D eigenvalue weighted by Crippen LogP contribution is -2.13. The second-order valence-electron chi connectivity index (χ2n) is 5.25. The molecule has 2 rings (SSSR count). The molecule has 0 fully saturated rings. The zero-order valence-electron chi connectivity index (χ0n) is 12.2. The summed E-state index contributed by atoms with van der Waals surface area (Å²) in [6.07, 6.45) is 6.02. The Morgan fingerprint density at radius 1 is 1.48 bits per heavy atom. The first-order valence-electron chi connectivity index (χ1n) is 6.60. The van der Waals surface area contributed by atoms with Gasteiger partial charge >= 0.3 is 5.97 Å². The van der Waals surface area contributed by atoms with Gasteiger partial charge in [-0.05, 0) is 51.0 Å². The van der Waals surface area contributed by atoms with E-state index in [-0.39, 0.29) is 10.3 Å². The molecule has 1 aromatic rings. The van der Waals surface area contributed by atoms with Gasteiger partial charge in [-0.15, -0.1) is 11.8 Å². The van der Waals surface area contributed by atoms with Crippen molar-refractivity contribution in [3.63, 3.8) is 0 Å². The van der Waals surface area contributed by atoms with E-state index in [9.17, 15) is 9.59 Å². The molecule has 0 bridgehead atoms. The lowest BCUT2D eigenvalue weighted by molar-refractivity contribution is -0.134. The van der Waals surface area contributed by atoms with Crippen LogP contribution in [-0.4, -0.2) is 21.8 Å². The second kappa shape index (κ2) is 5.85. The molecule has 0 spiro atoms. The molecule has 110 valence electrons. The fourth-order valence-corrected chi connectivity index (χ4v) is 3.51. The van der Waals surface area contributed by atoms with Crippen molar-refractivity contribution in [1.82, 2.24) is 4.98 Å². The van der Waals surface area contributed by atoms with Crippen LogP contribution in [0.1, 0.15) is 31.5 Å². The molecule has 1 N–H and O–H groups in total. The smallest absolute Gasteiger partial charge is 0.339 e. The van der Waals surface area contributed by atoms with Crippen molar-refractivity contribution in [2.45, 2.75) is 31.9 Å². The summed E-state index contributed by atoms with van der Waals surface area (Å²) in [6.45, 7) is 5.32. The normalized spacial score (nSPS) is 22.0. The lowest BCUT2D eigenvalue weighted by atomic mass is 9.97. The van der Waals surface area contributed by atoms with Crippen LogP contribution in [0.25, 0.3) is 0 Å². The highest BCUT2D eigenvalue weighted by Gasteiger charge is 2.32. The number of rotatable bonds is 4. The van der Waals surface area contributed by atoms with E-state index in [4.69, 9.17) is 5.11 Å². The number of carbonyl (C=O) groups is 2. The van der Waals surface area contributed by atoms with Crippen molar-refractivity contribution in [3.05, 3.63) is 52.2 Å². The maximum atomic E-state index is 11.4. The molecular formula is C16H17NO3S. The van der Waals surface area contributed by atoms with Crippen LogP contribution in [0.2, 0.25) is 0 Å². The first kappa shape index (κ1) is 15.5. The van der Waals surface area contributed by atoms with Gasteiger partial charge < -0.3 is 5.11 Å². The minimum Gasteiger partial charge on any atom is -0.478 e. The van der Waals surface area contributed by atoms with Gasteiger partial charge in [-0.1, -0.05) is 6.08 Å². The third kappa shape index (κ3) is 3.42. The van der Waals surface area contributed by atoms with Gasteiger partial charge in [0, 0.05) is 21.5 Å². The minimum atomic E-state index is -1.18. The van der Waals surface area contributed by atoms with Crippen LogP contribution in [0.3, 0.4) is 0 Å². The summed E-state index contributed by atoms with van der Waals surface area (Å²) >= 11 is 1.58. The monoisotopic (exact) mass is 303 g/mol. The standard InChI is InChI=1S/C16H17NO3S/c1-10-8-12(5-7-17-10)16(3)6-4-13(21-16)9-14(11(2)18)15(19)20/h4-5,7-9H,6H2,1-3H3,(H,19,20)/b14-9-. The van der Waals surface area contributed by atoms with Crippen molar-refractivity contribution in [2.75, 3.05) is 0 Å². The van der Waals surface area contributed by atoms with Gasteiger partial charge in [-0.2, -0.15) is 0 Å². The SMILES string of the molecule is CC(=O)/C(=C/C1=CCC(C)(c2ccnc(C)c2)S1)C(=O)O. The van der Waals surface area contributed by atoms with E-state index in [1.54, 1.807) is 18.0 Å². The van der Waals surface area contributed by atoms with Crippen molar-refractivity contribution in [1.29, 1.82) is 0 Å². The summed E-state index contributed by atoms with van der Waals surface area (Å²) in [6, 6.07) is 4.01. The van der Waals surface area contributed by atoms with Crippen molar-refractivity contribution < 1.29 is 14.7 Å². The molecule has 0 amide bonds.